The van der Waals surface area contributed by atoms with Crippen molar-refractivity contribution in [1.82, 2.24) is 9.88 Å². The quantitative estimate of drug-likeness (QED) is 0.506. The Hall–Kier alpha value is -2.33. The molecule has 1 aliphatic rings. The first kappa shape index (κ1) is 19.0. The molecule has 3 aromatic rings. The molecule has 28 heavy (non-hydrogen) atoms. The Balaban J connectivity index is 1.50. The molecule has 0 N–H and O–H groups in total. The topological polar surface area (TPSA) is 33.2 Å². The molecule has 1 aliphatic heterocycles. The second-order valence-corrected chi connectivity index (χ2v) is 8.35. The molecule has 0 bridgehead atoms. The van der Waals surface area contributed by atoms with Gasteiger partial charge < -0.3 is 4.90 Å². The first-order valence-corrected chi connectivity index (χ1v) is 11.1. The molecule has 3 nitrogen and oxygen atoms in total. The van der Waals surface area contributed by atoms with Crippen LogP contribution in [-0.2, 0) is 5.75 Å². The lowest BCUT2D eigenvalue weighted by atomic mass is 9.99. The van der Waals surface area contributed by atoms with Gasteiger partial charge in [-0.2, -0.15) is 0 Å². The maximum atomic E-state index is 13.0. The number of aromatic nitrogens is 1. The van der Waals surface area contributed by atoms with Gasteiger partial charge in [0.05, 0.1) is 5.69 Å². The van der Waals surface area contributed by atoms with E-state index in [-0.39, 0.29) is 5.91 Å². The minimum Gasteiger partial charge on any atom is -0.334 e. The van der Waals surface area contributed by atoms with E-state index < -0.39 is 0 Å². The first-order chi connectivity index (χ1) is 13.8. The van der Waals surface area contributed by atoms with Gasteiger partial charge in [-0.05, 0) is 54.7 Å². The summed E-state index contributed by atoms with van der Waals surface area (Å²) in [5.74, 6) is 0.843. The van der Waals surface area contributed by atoms with Crippen LogP contribution in [0, 0.1) is 0 Å². The molecule has 0 saturated carbocycles. The molecular formula is C24H26N2OS. The van der Waals surface area contributed by atoms with Crippen LogP contribution in [0.4, 0.5) is 0 Å². The van der Waals surface area contributed by atoms with Crippen molar-refractivity contribution in [2.24, 2.45) is 0 Å². The fourth-order valence-corrected chi connectivity index (χ4v) is 4.97. The van der Waals surface area contributed by atoms with Crippen LogP contribution in [0.3, 0.4) is 0 Å². The molecule has 1 aromatic heterocycles. The molecule has 1 unspecified atom stereocenters. The molecule has 1 saturated heterocycles. The third-order valence-electron chi connectivity index (χ3n) is 5.51. The maximum absolute atomic E-state index is 13.0. The summed E-state index contributed by atoms with van der Waals surface area (Å²) in [6.07, 6.45) is 4.44. The lowest BCUT2D eigenvalue weighted by Gasteiger charge is -2.35. The molecule has 4 rings (SSSR count). The van der Waals surface area contributed by atoms with E-state index in [1.165, 1.54) is 22.1 Å². The molecule has 1 amide bonds. The van der Waals surface area contributed by atoms with Crippen molar-refractivity contribution in [1.29, 1.82) is 0 Å². The molecule has 0 radical (unpaired) electrons. The van der Waals surface area contributed by atoms with Crippen molar-refractivity contribution < 1.29 is 4.79 Å². The minimum atomic E-state index is 0.0866. The van der Waals surface area contributed by atoms with Crippen LogP contribution in [0.5, 0.6) is 0 Å². The Kier molecular flexibility index (Phi) is 5.96. The number of pyridine rings is 1. The van der Waals surface area contributed by atoms with Crippen LogP contribution in [-0.4, -0.2) is 28.4 Å². The number of nitrogens with zero attached hydrogens (tertiary/aromatic N) is 2. The van der Waals surface area contributed by atoms with Crippen molar-refractivity contribution >= 4 is 28.4 Å². The predicted molar refractivity (Wildman–Crippen MR) is 117 cm³/mol. The number of carbonyl (C=O) groups excluding carboxylic acids is 1. The largest absolute Gasteiger partial charge is 0.334 e. The second kappa shape index (κ2) is 8.78. The van der Waals surface area contributed by atoms with Crippen LogP contribution < -0.4 is 0 Å². The van der Waals surface area contributed by atoms with Gasteiger partial charge in [-0.1, -0.05) is 49.4 Å². The van der Waals surface area contributed by atoms with Crippen LogP contribution in [0.1, 0.15) is 48.8 Å². The number of fused-ring (bicyclic) bond motifs is 1. The van der Waals surface area contributed by atoms with E-state index in [0.717, 1.165) is 37.3 Å². The van der Waals surface area contributed by atoms with Gasteiger partial charge in [0.1, 0.15) is 5.69 Å². The van der Waals surface area contributed by atoms with Gasteiger partial charge in [-0.25, -0.2) is 4.98 Å². The van der Waals surface area contributed by atoms with Gasteiger partial charge in [0.25, 0.3) is 5.91 Å². The zero-order valence-corrected chi connectivity index (χ0v) is 17.1. The fourth-order valence-electron chi connectivity index (χ4n) is 3.99. The second-order valence-electron chi connectivity index (χ2n) is 7.34. The summed E-state index contributed by atoms with van der Waals surface area (Å²) >= 11 is 1.78. The highest BCUT2D eigenvalue weighted by atomic mass is 32.2. The smallest absolute Gasteiger partial charge is 0.272 e. The van der Waals surface area contributed by atoms with E-state index in [4.69, 9.17) is 4.98 Å². The van der Waals surface area contributed by atoms with Crippen LogP contribution in [0.25, 0.3) is 10.8 Å². The number of rotatable bonds is 5. The Morgan fingerprint density at radius 1 is 1.07 bits per heavy atom. The number of piperidine rings is 1. The molecule has 1 atom stereocenters. The van der Waals surface area contributed by atoms with Gasteiger partial charge in [-0.3, -0.25) is 4.79 Å². The van der Waals surface area contributed by atoms with Crippen molar-refractivity contribution in [3.63, 3.8) is 0 Å². The standard InChI is InChI=1S/C24H26N2OS/c1-2-20-12-5-6-16-26(20)24(27)22-14-8-11-19(25-22)17-28-23-15-7-10-18-9-3-4-13-21(18)23/h3-4,7-11,13-15,20H,2,5-6,12,16-17H2,1H3. The van der Waals surface area contributed by atoms with E-state index >= 15 is 0 Å². The summed E-state index contributed by atoms with van der Waals surface area (Å²) in [6, 6.07) is 21.0. The Morgan fingerprint density at radius 2 is 1.89 bits per heavy atom. The van der Waals surface area contributed by atoms with Gasteiger partial charge in [-0.15, -0.1) is 11.8 Å². The summed E-state index contributed by atoms with van der Waals surface area (Å²) in [5, 5.41) is 2.52. The number of carbonyl (C=O) groups is 1. The van der Waals surface area contributed by atoms with E-state index in [0.29, 0.717) is 11.7 Å². The Labute approximate surface area is 171 Å². The van der Waals surface area contributed by atoms with Gasteiger partial charge in [0, 0.05) is 23.2 Å². The highest BCUT2D eigenvalue weighted by Crippen LogP contribution is 2.30. The van der Waals surface area contributed by atoms with Gasteiger partial charge in [0.15, 0.2) is 0 Å². The summed E-state index contributed by atoms with van der Waals surface area (Å²) in [7, 11) is 0. The third kappa shape index (κ3) is 4.07. The average molecular weight is 391 g/mol. The molecule has 144 valence electrons. The maximum Gasteiger partial charge on any atom is 0.272 e. The summed E-state index contributed by atoms with van der Waals surface area (Å²) in [5.41, 5.74) is 1.53. The summed E-state index contributed by atoms with van der Waals surface area (Å²) in [4.78, 5) is 21.0. The highest BCUT2D eigenvalue weighted by molar-refractivity contribution is 7.98. The van der Waals surface area contributed by atoms with Crippen LogP contribution in [0.15, 0.2) is 65.6 Å². The zero-order valence-electron chi connectivity index (χ0n) is 16.3. The van der Waals surface area contributed by atoms with E-state index in [2.05, 4.69) is 49.4 Å². The number of amides is 1. The van der Waals surface area contributed by atoms with Crippen LogP contribution >= 0.6 is 11.8 Å². The minimum absolute atomic E-state index is 0.0866. The number of hydrogen-bond donors (Lipinski definition) is 0. The van der Waals surface area contributed by atoms with E-state index in [1.54, 1.807) is 11.8 Å². The Bertz CT molecular complexity index is 966. The van der Waals surface area contributed by atoms with Gasteiger partial charge in [0.2, 0.25) is 0 Å². The predicted octanol–water partition coefficient (Wildman–Crippen LogP) is 5.93. The normalized spacial score (nSPS) is 17.0. The number of hydrogen-bond acceptors (Lipinski definition) is 3. The zero-order chi connectivity index (χ0) is 19.3. The van der Waals surface area contributed by atoms with Crippen LogP contribution in [0.2, 0.25) is 0 Å². The lowest BCUT2D eigenvalue weighted by Crippen LogP contribution is -2.43. The highest BCUT2D eigenvalue weighted by Gasteiger charge is 2.26. The number of thioether (sulfide) groups is 1. The third-order valence-corrected chi connectivity index (χ3v) is 6.62. The SMILES string of the molecule is CCC1CCCCN1C(=O)c1cccc(CSc2cccc3ccccc23)n1. The van der Waals surface area contributed by atoms with Crippen molar-refractivity contribution in [3.05, 3.63) is 72.1 Å². The molecule has 1 fully saturated rings. The van der Waals surface area contributed by atoms with E-state index in [9.17, 15) is 4.79 Å². The summed E-state index contributed by atoms with van der Waals surface area (Å²) in [6.45, 7) is 3.02. The van der Waals surface area contributed by atoms with Crippen molar-refractivity contribution in [2.75, 3.05) is 6.54 Å². The molecular weight excluding hydrogens is 364 g/mol. The van der Waals surface area contributed by atoms with Crippen molar-refractivity contribution in [3.8, 4) is 0 Å². The molecule has 0 aliphatic carbocycles. The molecule has 4 heteroatoms. The van der Waals surface area contributed by atoms with Crippen molar-refractivity contribution in [2.45, 2.75) is 49.3 Å². The molecule has 2 aromatic carbocycles. The van der Waals surface area contributed by atoms with E-state index in [1.807, 2.05) is 23.1 Å². The first-order valence-electron chi connectivity index (χ1n) is 10.1. The number of benzene rings is 2. The molecule has 0 spiro atoms. The van der Waals surface area contributed by atoms with Gasteiger partial charge >= 0.3 is 0 Å². The summed E-state index contributed by atoms with van der Waals surface area (Å²) < 4.78 is 0. The Morgan fingerprint density at radius 3 is 2.79 bits per heavy atom. The average Bonchev–Trinajstić information content (AvgIpc) is 2.77. The fraction of sp³-hybridized carbons (Fsp3) is 0.333. The number of likely N-dealkylation sites (tertiary alicyclic amines) is 1. The molecule has 2 heterocycles. The lowest BCUT2D eigenvalue weighted by molar-refractivity contribution is 0.0601. The monoisotopic (exact) mass is 390 g/mol.